The quantitative estimate of drug-likeness (QED) is 0.383. The van der Waals surface area contributed by atoms with Crippen LogP contribution in [-0.4, -0.2) is 30.0 Å². The molecule has 0 fully saturated rings. The minimum absolute atomic E-state index is 0.0192. The lowest BCUT2D eigenvalue weighted by Gasteiger charge is -2.06. The van der Waals surface area contributed by atoms with Crippen molar-refractivity contribution in [1.82, 2.24) is 9.97 Å². The Kier molecular flexibility index (Phi) is 6.78. The fourth-order valence-electron chi connectivity index (χ4n) is 2.27. The van der Waals surface area contributed by atoms with Crippen LogP contribution >= 0.6 is 39.3 Å². The number of aromatic amines is 1. The van der Waals surface area contributed by atoms with Gasteiger partial charge >= 0.3 is 0 Å². The van der Waals surface area contributed by atoms with E-state index in [4.69, 9.17) is 11.6 Å². The minimum atomic E-state index is -4.01. The number of carbonyl (C=O) groups excluding carboxylic acids is 1. The van der Waals surface area contributed by atoms with Gasteiger partial charge in [0, 0.05) is 15.2 Å². The number of rotatable bonds is 6. The first-order chi connectivity index (χ1) is 13.8. The van der Waals surface area contributed by atoms with Crippen molar-refractivity contribution in [3.05, 3.63) is 74.6 Å². The molecule has 2 aromatic carbocycles. The molecule has 7 nitrogen and oxygen atoms in total. The summed E-state index contributed by atoms with van der Waals surface area (Å²) >= 11 is 10.1. The van der Waals surface area contributed by atoms with Crippen LogP contribution in [0.15, 0.2) is 78.9 Å². The first-order valence-electron chi connectivity index (χ1n) is 8.04. The summed E-state index contributed by atoms with van der Waals surface area (Å²) in [5.41, 5.74) is -0.263. The van der Waals surface area contributed by atoms with Crippen molar-refractivity contribution in [2.24, 2.45) is 0 Å². The predicted octanol–water partition coefficient (Wildman–Crippen LogP) is 3.75. The maximum atomic E-state index is 12.6. The molecule has 0 unspecified atom stereocenters. The third-order valence-electron chi connectivity index (χ3n) is 3.61. The summed E-state index contributed by atoms with van der Waals surface area (Å²) in [6.07, 6.45) is 0.993. The lowest BCUT2D eigenvalue weighted by Crippen LogP contribution is -2.20. The average Bonchev–Trinajstić information content (AvgIpc) is 2.66. The molecule has 0 aliphatic rings. The molecule has 0 aliphatic carbocycles. The Morgan fingerprint density at radius 2 is 1.93 bits per heavy atom. The van der Waals surface area contributed by atoms with Crippen molar-refractivity contribution in [3.63, 3.8) is 0 Å². The molecule has 0 atom stereocenters. The van der Waals surface area contributed by atoms with E-state index < -0.39 is 20.3 Å². The minimum Gasteiger partial charge on any atom is -0.325 e. The molecule has 0 radical (unpaired) electrons. The highest BCUT2D eigenvalue weighted by atomic mass is 79.9. The number of nitrogens with one attached hydrogen (secondary N) is 2. The summed E-state index contributed by atoms with van der Waals surface area (Å²) in [5, 5.41) is 3.29. The highest BCUT2D eigenvalue weighted by Crippen LogP contribution is 2.21. The van der Waals surface area contributed by atoms with Gasteiger partial charge in [-0.3, -0.25) is 9.59 Å². The van der Waals surface area contributed by atoms with E-state index >= 15 is 0 Å². The molecule has 1 heterocycles. The molecule has 150 valence electrons. The molecule has 3 rings (SSSR count). The third kappa shape index (κ3) is 5.47. The Bertz CT molecular complexity index is 1210. The van der Waals surface area contributed by atoms with Gasteiger partial charge in [0.25, 0.3) is 5.56 Å². The van der Waals surface area contributed by atoms with Crippen molar-refractivity contribution in [2.45, 2.75) is 14.9 Å². The number of hydrogen-bond acceptors (Lipinski definition) is 6. The highest BCUT2D eigenvalue weighted by Gasteiger charge is 2.22. The zero-order chi connectivity index (χ0) is 21.0. The number of H-pyrrole nitrogens is 1. The lowest BCUT2D eigenvalue weighted by molar-refractivity contribution is -0.113. The normalized spacial score (nSPS) is 11.2. The zero-order valence-corrected chi connectivity index (χ0v) is 18.5. The summed E-state index contributed by atoms with van der Waals surface area (Å²) < 4.78 is 25.9. The Morgan fingerprint density at radius 3 is 2.59 bits per heavy atom. The number of sulfone groups is 1. The number of amides is 1. The van der Waals surface area contributed by atoms with Crippen LogP contribution in [0, 0.1) is 0 Å². The topological polar surface area (TPSA) is 109 Å². The first-order valence-corrected chi connectivity index (χ1v) is 11.7. The van der Waals surface area contributed by atoms with Gasteiger partial charge in [0.1, 0.15) is 0 Å². The monoisotopic (exact) mass is 513 g/mol. The van der Waals surface area contributed by atoms with Gasteiger partial charge in [-0.15, -0.1) is 0 Å². The van der Waals surface area contributed by atoms with Crippen molar-refractivity contribution >= 4 is 60.7 Å². The van der Waals surface area contributed by atoms with E-state index in [1.54, 1.807) is 36.4 Å². The molecule has 0 aliphatic heterocycles. The lowest BCUT2D eigenvalue weighted by atomic mass is 10.3. The summed E-state index contributed by atoms with van der Waals surface area (Å²) in [6.45, 7) is 0. The van der Waals surface area contributed by atoms with Crippen molar-refractivity contribution < 1.29 is 13.2 Å². The van der Waals surface area contributed by atoms with E-state index in [0.29, 0.717) is 15.2 Å². The van der Waals surface area contributed by atoms with Crippen LogP contribution in [0.25, 0.3) is 0 Å². The first kappa shape index (κ1) is 21.6. The number of aromatic nitrogens is 2. The number of carbonyl (C=O) groups is 1. The van der Waals surface area contributed by atoms with Crippen molar-refractivity contribution in [1.29, 1.82) is 0 Å². The molecule has 0 saturated heterocycles. The Hall–Kier alpha value is -2.14. The number of hydrogen-bond donors (Lipinski definition) is 2. The molecule has 0 spiro atoms. The molecule has 29 heavy (non-hydrogen) atoms. The van der Waals surface area contributed by atoms with E-state index in [0.717, 1.165) is 18.0 Å². The smallest absolute Gasteiger partial charge is 0.270 e. The van der Waals surface area contributed by atoms with Gasteiger partial charge in [0.2, 0.25) is 15.7 Å². The van der Waals surface area contributed by atoms with Crippen LogP contribution in [0.3, 0.4) is 0 Å². The van der Waals surface area contributed by atoms with Crippen LogP contribution in [0.4, 0.5) is 5.69 Å². The fraction of sp³-hybridized carbons (Fsp3) is 0.0556. The second kappa shape index (κ2) is 9.12. The van der Waals surface area contributed by atoms with E-state index in [1.807, 2.05) is 0 Å². The second-order valence-electron chi connectivity index (χ2n) is 5.69. The molecular formula is C18H13BrClN3O4S2. The van der Waals surface area contributed by atoms with Crippen LogP contribution in [0.2, 0.25) is 5.02 Å². The molecule has 11 heteroatoms. The van der Waals surface area contributed by atoms with Gasteiger partial charge in [-0.25, -0.2) is 13.4 Å². The standard InChI is InChI=1S/C18H13BrClN3O4S2/c19-11-4-6-14(7-5-11)29(26,27)15-9-21-18(23-17(15)25)28-10-16(24)22-13-3-1-2-12(20)8-13/h1-9H,10H2,(H,22,24)(H,21,23,25). The maximum absolute atomic E-state index is 12.6. The Labute approximate surface area is 184 Å². The van der Waals surface area contributed by atoms with Gasteiger partial charge in [0.15, 0.2) is 10.1 Å². The summed E-state index contributed by atoms with van der Waals surface area (Å²) in [5.74, 6) is -0.361. The van der Waals surface area contributed by atoms with E-state index in [-0.39, 0.29) is 21.7 Å². The Morgan fingerprint density at radius 1 is 1.21 bits per heavy atom. The highest BCUT2D eigenvalue weighted by molar-refractivity contribution is 9.10. The molecule has 2 N–H and O–H groups in total. The number of halogens is 2. The Balaban J connectivity index is 1.70. The maximum Gasteiger partial charge on any atom is 0.270 e. The zero-order valence-electron chi connectivity index (χ0n) is 14.6. The van der Waals surface area contributed by atoms with Gasteiger partial charge < -0.3 is 10.3 Å². The number of nitrogens with zero attached hydrogens (tertiary/aromatic N) is 1. The van der Waals surface area contributed by atoms with Gasteiger partial charge in [-0.1, -0.05) is 45.4 Å². The van der Waals surface area contributed by atoms with Crippen LogP contribution < -0.4 is 10.9 Å². The SMILES string of the molecule is O=C(CSc1ncc(S(=O)(=O)c2ccc(Br)cc2)c(=O)[nH]1)Nc1cccc(Cl)c1. The van der Waals surface area contributed by atoms with Crippen LogP contribution in [0.5, 0.6) is 0 Å². The van der Waals surface area contributed by atoms with Crippen molar-refractivity contribution in [3.8, 4) is 0 Å². The average molecular weight is 515 g/mol. The molecule has 0 bridgehead atoms. The molecule has 0 saturated carbocycles. The van der Waals surface area contributed by atoms with Crippen molar-refractivity contribution in [2.75, 3.05) is 11.1 Å². The van der Waals surface area contributed by atoms with E-state index in [2.05, 4.69) is 31.2 Å². The van der Waals surface area contributed by atoms with E-state index in [1.165, 1.54) is 12.1 Å². The fourth-order valence-corrected chi connectivity index (χ4v) is 4.59. The van der Waals surface area contributed by atoms with Gasteiger partial charge in [0.05, 0.1) is 16.8 Å². The van der Waals surface area contributed by atoms with E-state index in [9.17, 15) is 18.0 Å². The van der Waals surface area contributed by atoms with Gasteiger partial charge in [-0.05, 0) is 42.5 Å². The molecular weight excluding hydrogens is 502 g/mol. The van der Waals surface area contributed by atoms with Crippen LogP contribution in [0.1, 0.15) is 0 Å². The summed E-state index contributed by atoms with van der Waals surface area (Å²) in [7, 11) is -4.01. The summed E-state index contributed by atoms with van der Waals surface area (Å²) in [6, 6.07) is 12.6. The second-order valence-corrected chi connectivity index (χ2v) is 9.92. The number of thioether (sulfide) groups is 1. The molecule has 1 aromatic heterocycles. The molecule has 3 aromatic rings. The summed E-state index contributed by atoms with van der Waals surface area (Å²) in [4.78, 5) is 30.2. The van der Waals surface area contributed by atoms with Gasteiger partial charge in [-0.2, -0.15) is 0 Å². The largest absolute Gasteiger partial charge is 0.325 e. The van der Waals surface area contributed by atoms with Crippen LogP contribution in [-0.2, 0) is 14.6 Å². The number of benzene rings is 2. The molecule has 1 amide bonds. The third-order valence-corrected chi connectivity index (χ3v) is 7.02. The number of anilines is 1. The predicted molar refractivity (Wildman–Crippen MR) is 115 cm³/mol.